The molecule has 0 aromatic heterocycles. The molecule has 1 aliphatic rings. The minimum absolute atomic E-state index is 0.356. The molecule has 1 saturated carbocycles. The lowest BCUT2D eigenvalue weighted by Crippen LogP contribution is -2.27. The average Bonchev–Trinajstić information content (AvgIpc) is 2.16. The molecule has 2 N–H and O–H groups in total. The van der Waals surface area contributed by atoms with Gasteiger partial charge in [-0.3, -0.25) is 0 Å². The second-order valence-corrected chi connectivity index (χ2v) is 5.91. The van der Waals surface area contributed by atoms with Gasteiger partial charge in [0.05, 0.1) is 0 Å². The van der Waals surface area contributed by atoms with Gasteiger partial charge in [0.2, 0.25) is 0 Å². The molecule has 0 saturated heterocycles. The fourth-order valence-corrected chi connectivity index (χ4v) is 2.73. The second kappa shape index (κ2) is 5.31. The molecule has 0 aliphatic heterocycles. The van der Waals surface area contributed by atoms with E-state index in [0.29, 0.717) is 11.8 Å². The SMILES string of the molecule is CC(C)C1CCC(C)(CCC(O)O)CC1. The van der Waals surface area contributed by atoms with E-state index < -0.39 is 6.29 Å². The van der Waals surface area contributed by atoms with Crippen molar-refractivity contribution in [2.45, 2.75) is 65.6 Å². The third kappa shape index (κ3) is 4.12. The predicted molar refractivity (Wildman–Crippen MR) is 62.4 cm³/mol. The van der Waals surface area contributed by atoms with Crippen LogP contribution < -0.4 is 0 Å². The Hall–Kier alpha value is -0.0800. The van der Waals surface area contributed by atoms with Gasteiger partial charge < -0.3 is 10.2 Å². The van der Waals surface area contributed by atoms with Crippen molar-refractivity contribution in [3.05, 3.63) is 0 Å². The Morgan fingerprint density at radius 1 is 1.20 bits per heavy atom. The molecule has 0 heterocycles. The van der Waals surface area contributed by atoms with Crippen LogP contribution in [0.1, 0.15) is 59.3 Å². The first-order valence-corrected chi connectivity index (χ1v) is 6.29. The Morgan fingerprint density at radius 2 is 1.73 bits per heavy atom. The van der Waals surface area contributed by atoms with Gasteiger partial charge in [0.1, 0.15) is 0 Å². The zero-order valence-electron chi connectivity index (χ0n) is 10.4. The maximum absolute atomic E-state index is 8.89. The summed E-state index contributed by atoms with van der Waals surface area (Å²) in [5.41, 5.74) is 0.356. The molecule has 2 nitrogen and oxygen atoms in total. The maximum Gasteiger partial charge on any atom is 0.151 e. The van der Waals surface area contributed by atoms with Gasteiger partial charge in [0.15, 0.2) is 6.29 Å². The van der Waals surface area contributed by atoms with Crippen LogP contribution in [0.5, 0.6) is 0 Å². The maximum atomic E-state index is 8.89. The minimum Gasteiger partial charge on any atom is -0.368 e. The van der Waals surface area contributed by atoms with Gasteiger partial charge in [-0.1, -0.05) is 20.8 Å². The van der Waals surface area contributed by atoms with E-state index in [4.69, 9.17) is 10.2 Å². The lowest BCUT2D eigenvalue weighted by atomic mass is 9.67. The quantitative estimate of drug-likeness (QED) is 0.706. The Morgan fingerprint density at radius 3 is 2.13 bits per heavy atom. The van der Waals surface area contributed by atoms with Gasteiger partial charge in [0.25, 0.3) is 0 Å². The van der Waals surface area contributed by atoms with E-state index in [1.54, 1.807) is 0 Å². The molecule has 15 heavy (non-hydrogen) atoms. The van der Waals surface area contributed by atoms with Crippen LogP contribution in [0.3, 0.4) is 0 Å². The molecule has 1 fully saturated rings. The van der Waals surface area contributed by atoms with Gasteiger partial charge in [-0.25, -0.2) is 0 Å². The van der Waals surface area contributed by atoms with E-state index >= 15 is 0 Å². The van der Waals surface area contributed by atoms with Gasteiger partial charge in [-0.05, 0) is 55.8 Å². The van der Waals surface area contributed by atoms with Crippen LogP contribution in [0.2, 0.25) is 0 Å². The minimum atomic E-state index is -1.12. The topological polar surface area (TPSA) is 40.5 Å². The molecule has 0 aromatic carbocycles. The zero-order chi connectivity index (χ0) is 11.5. The first-order valence-electron chi connectivity index (χ1n) is 6.29. The molecule has 0 bridgehead atoms. The van der Waals surface area contributed by atoms with Crippen LogP contribution in [0.25, 0.3) is 0 Å². The largest absolute Gasteiger partial charge is 0.368 e. The third-order valence-corrected chi connectivity index (χ3v) is 4.19. The van der Waals surface area contributed by atoms with Crippen molar-refractivity contribution in [3.63, 3.8) is 0 Å². The van der Waals surface area contributed by atoms with Crippen LogP contribution >= 0.6 is 0 Å². The summed E-state index contributed by atoms with van der Waals surface area (Å²) in [6, 6.07) is 0. The van der Waals surface area contributed by atoms with Crippen molar-refractivity contribution in [2.75, 3.05) is 0 Å². The Labute approximate surface area is 93.7 Å². The molecule has 0 radical (unpaired) electrons. The van der Waals surface area contributed by atoms with Crippen molar-refractivity contribution >= 4 is 0 Å². The Kier molecular flexibility index (Phi) is 4.60. The Bertz CT molecular complexity index is 179. The molecule has 0 atom stereocenters. The summed E-state index contributed by atoms with van der Waals surface area (Å²) in [4.78, 5) is 0. The molecule has 0 spiro atoms. The van der Waals surface area contributed by atoms with Crippen LogP contribution in [-0.2, 0) is 0 Å². The second-order valence-electron chi connectivity index (χ2n) is 5.91. The molecule has 90 valence electrons. The van der Waals surface area contributed by atoms with Gasteiger partial charge in [0, 0.05) is 0 Å². The summed E-state index contributed by atoms with van der Waals surface area (Å²) in [5, 5.41) is 17.8. The molecular formula is C13H26O2. The number of hydrogen-bond acceptors (Lipinski definition) is 2. The first-order chi connectivity index (χ1) is 6.93. The highest BCUT2D eigenvalue weighted by Crippen LogP contribution is 2.44. The van der Waals surface area contributed by atoms with E-state index in [1.807, 2.05) is 0 Å². The summed E-state index contributed by atoms with van der Waals surface area (Å²) in [6.45, 7) is 6.92. The molecule has 2 heteroatoms. The van der Waals surface area contributed by atoms with Crippen molar-refractivity contribution in [2.24, 2.45) is 17.3 Å². The van der Waals surface area contributed by atoms with E-state index in [0.717, 1.165) is 18.3 Å². The van der Waals surface area contributed by atoms with Crippen molar-refractivity contribution in [1.82, 2.24) is 0 Å². The highest BCUT2D eigenvalue weighted by atomic mass is 16.5. The predicted octanol–water partition coefficient (Wildman–Crippen LogP) is 2.93. The van der Waals surface area contributed by atoms with Crippen LogP contribution in [0, 0.1) is 17.3 Å². The van der Waals surface area contributed by atoms with E-state index in [9.17, 15) is 0 Å². The number of hydrogen-bond donors (Lipinski definition) is 2. The van der Waals surface area contributed by atoms with E-state index in [2.05, 4.69) is 20.8 Å². The highest BCUT2D eigenvalue weighted by Gasteiger charge is 2.31. The van der Waals surface area contributed by atoms with E-state index in [1.165, 1.54) is 25.7 Å². The van der Waals surface area contributed by atoms with Crippen molar-refractivity contribution in [3.8, 4) is 0 Å². The number of rotatable bonds is 4. The molecule has 1 rings (SSSR count). The fraction of sp³-hybridized carbons (Fsp3) is 1.00. The summed E-state index contributed by atoms with van der Waals surface area (Å²) in [5.74, 6) is 1.69. The van der Waals surface area contributed by atoms with Crippen LogP contribution in [0.15, 0.2) is 0 Å². The molecule has 0 unspecified atom stereocenters. The van der Waals surface area contributed by atoms with Gasteiger partial charge >= 0.3 is 0 Å². The number of aliphatic hydroxyl groups is 2. The number of aliphatic hydroxyl groups excluding tert-OH is 1. The first kappa shape index (κ1) is 13.0. The standard InChI is InChI=1S/C13H26O2/c1-10(2)11-4-7-13(3,8-5-11)9-6-12(14)15/h10-12,14-15H,4-9H2,1-3H3. The van der Waals surface area contributed by atoms with Gasteiger partial charge in [-0.15, -0.1) is 0 Å². The molecule has 1 aliphatic carbocycles. The van der Waals surface area contributed by atoms with Crippen LogP contribution in [-0.4, -0.2) is 16.5 Å². The van der Waals surface area contributed by atoms with Crippen molar-refractivity contribution in [1.29, 1.82) is 0 Å². The summed E-state index contributed by atoms with van der Waals surface area (Å²) in [6.07, 6.45) is 5.50. The van der Waals surface area contributed by atoms with Gasteiger partial charge in [-0.2, -0.15) is 0 Å². The third-order valence-electron chi connectivity index (χ3n) is 4.19. The summed E-state index contributed by atoms with van der Waals surface area (Å²) >= 11 is 0. The van der Waals surface area contributed by atoms with Crippen LogP contribution in [0.4, 0.5) is 0 Å². The average molecular weight is 214 g/mol. The molecular weight excluding hydrogens is 188 g/mol. The zero-order valence-corrected chi connectivity index (χ0v) is 10.4. The lowest BCUT2D eigenvalue weighted by molar-refractivity contribution is -0.0557. The smallest absolute Gasteiger partial charge is 0.151 e. The van der Waals surface area contributed by atoms with Crippen molar-refractivity contribution < 1.29 is 10.2 Å². The highest BCUT2D eigenvalue weighted by molar-refractivity contribution is 4.83. The Balaban J connectivity index is 2.34. The lowest BCUT2D eigenvalue weighted by Gasteiger charge is -2.39. The van der Waals surface area contributed by atoms with E-state index in [-0.39, 0.29) is 0 Å². The fourth-order valence-electron chi connectivity index (χ4n) is 2.73. The normalized spacial score (nSPS) is 32.6. The summed E-state index contributed by atoms with van der Waals surface area (Å²) < 4.78 is 0. The molecule has 0 aromatic rings. The summed E-state index contributed by atoms with van der Waals surface area (Å²) in [7, 11) is 0. The monoisotopic (exact) mass is 214 g/mol. The molecule has 0 amide bonds.